The smallest absolute Gasteiger partial charge is 0.251 e. The number of aryl methyl sites for hydroxylation is 1. The van der Waals surface area contributed by atoms with Gasteiger partial charge in [-0.2, -0.15) is 0 Å². The summed E-state index contributed by atoms with van der Waals surface area (Å²) < 4.78 is 25.2. The Labute approximate surface area is 156 Å². The molecule has 142 valence electrons. The number of nitrogens with two attached hydrogens (primary N) is 1. The molecule has 1 amide bonds. The van der Waals surface area contributed by atoms with E-state index in [-0.39, 0.29) is 24.4 Å². The lowest BCUT2D eigenvalue weighted by Gasteiger charge is -2.29. The van der Waals surface area contributed by atoms with Crippen LogP contribution in [-0.4, -0.2) is 39.7 Å². The van der Waals surface area contributed by atoms with Gasteiger partial charge >= 0.3 is 0 Å². The topological polar surface area (TPSA) is 92.5 Å². The molecule has 1 atom stereocenters. The van der Waals surface area contributed by atoms with Crippen molar-refractivity contribution in [1.82, 2.24) is 5.32 Å². The Morgan fingerprint density at radius 1 is 1.36 bits per heavy atom. The third-order valence-electron chi connectivity index (χ3n) is 4.19. The highest BCUT2D eigenvalue weighted by Gasteiger charge is 2.25. The minimum Gasteiger partial charge on any atom is -0.348 e. The van der Waals surface area contributed by atoms with E-state index in [9.17, 15) is 13.2 Å². The van der Waals surface area contributed by atoms with E-state index < -0.39 is 10.0 Å². The zero-order chi connectivity index (χ0) is 17.9. The molecule has 0 saturated heterocycles. The Kier molecular flexibility index (Phi) is 7.71. The Morgan fingerprint density at radius 2 is 2.04 bits per heavy atom. The molecule has 1 unspecified atom stereocenters. The normalized spacial score (nSPS) is 15.3. The van der Waals surface area contributed by atoms with Gasteiger partial charge in [0, 0.05) is 24.7 Å². The number of fused-ring (bicyclic) bond motifs is 1. The maximum Gasteiger partial charge on any atom is 0.251 e. The highest BCUT2D eigenvalue weighted by molar-refractivity contribution is 7.92. The highest BCUT2D eigenvalue weighted by atomic mass is 35.5. The lowest BCUT2D eigenvalue weighted by atomic mass is 9.99. The van der Waals surface area contributed by atoms with E-state index in [1.807, 2.05) is 0 Å². The molecule has 0 spiro atoms. The molecular formula is C17H28ClN3O3S. The molecule has 6 nitrogen and oxygen atoms in total. The average molecular weight is 390 g/mol. The number of carbonyl (C=O) groups excluding carboxylic acids is 1. The molecule has 8 heteroatoms. The van der Waals surface area contributed by atoms with E-state index in [1.54, 1.807) is 18.2 Å². The number of anilines is 1. The summed E-state index contributed by atoms with van der Waals surface area (Å²) in [5, 5.41) is 2.97. The highest BCUT2D eigenvalue weighted by Crippen LogP contribution is 2.29. The Morgan fingerprint density at radius 3 is 2.60 bits per heavy atom. The summed E-state index contributed by atoms with van der Waals surface area (Å²) in [5.74, 6) is 0.288. The van der Waals surface area contributed by atoms with Gasteiger partial charge in [0.05, 0.1) is 11.9 Å². The fourth-order valence-corrected chi connectivity index (χ4v) is 4.10. The molecule has 1 aromatic rings. The van der Waals surface area contributed by atoms with Crippen LogP contribution in [0.25, 0.3) is 0 Å². The lowest BCUT2D eigenvalue weighted by Crippen LogP contribution is -2.41. The first kappa shape index (κ1) is 21.7. The van der Waals surface area contributed by atoms with Crippen LogP contribution in [0.15, 0.2) is 18.2 Å². The number of rotatable bonds is 6. The van der Waals surface area contributed by atoms with Crippen LogP contribution in [0.1, 0.15) is 42.6 Å². The number of sulfonamides is 1. The maximum absolute atomic E-state index is 12.5. The van der Waals surface area contributed by atoms with E-state index in [0.29, 0.717) is 30.3 Å². The lowest BCUT2D eigenvalue weighted by molar-refractivity contribution is 0.0933. The van der Waals surface area contributed by atoms with Crippen LogP contribution in [0.4, 0.5) is 5.69 Å². The van der Waals surface area contributed by atoms with Crippen molar-refractivity contribution >= 4 is 34.0 Å². The summed E-state index contributed by atoms with van der Waals surface area (Å²) in [6.07, 6.45) is 3.56. The SMILES string of the molecule is CC(C)CC(CN)NC(=O)c1ccc2c(c1)CCCN2S(C)(=O)=O.Cl. The number of halogens is 1. The molecule has 0 aromatic heterocycles. The molecule has 25 heavy (non-hydrogen) atoms. The van der Waals surface area contributed by atoms with Crippen LogP contribution >= 0.6 is 12.4 Å². The van der Waals surface area contributed by atoms with Gasteiger partial charge < -0.3 is 11.1 Å². The van der Waals surface area contributed by atoms with Gasteiger partial charge in [0.2, 0.25) is 10.0 Å². The van der Waals surface area contributed by atoms with Gasteiger partial charge in [-0.25, -0.2) is 8.42 Å². The van der Waals surface area contributed by atoms with Crippen molar-refractivity contribution < 1.29 is 13.2 Å². The van der Waals surface area contributed by atoms with Gasteiger partial charge in [-0.15, -0.1) is 12.4 Å². The molecule has 0 radical (unpaired) electrons. The first-order valence-electron chi connectivity index (χ1n) is 8.34. The zero-order valence-electron chi connectivity index (χ0n) is 15.0. The molecule has 1 aliphatic heterocycles. The van der Waals surface area contributed by atoms with E-state index >= 15 is 0 Å². The van der Waals surface area contributed by atoms with E-state index in [1.165, 1.54) is 10.6 Å². The van der Waals surface area contributed by atoms with Crippen LogP contribution in [0, 0.1) is 5.92 Å². The van der Waals surface area contributed by atoms with Crippen molar-refractivity contribution in [3.63, 3.8) is 0 Å². The first-order chi connectivity index (χ1) is 11.2. The van der Waals surface area contributed by atoms with Gasteiger partial charge in [-0.3, -0.25) is 9.10 Å². The third kappa shape index (κ3) is 5.59. The summed E-state index contributed by atoms with van der Waals surface area (Å²) in [6.45, 7) is 5.07. The second kappa shape index (κ2) is 8.87. The quantitative estimate of drug-likeness (QED) is 0.777. The number of amides is 1. The van der Waals surface area contributed by atoms with Crippen LogP contribution in [0.3, 0.4) is 0 Å². The first-order valence-corrected chi connectivity index (χ1v) is 10.2. The van der Waals surface area contributed by atoms with Crippen LogP contribution in [-0.2, 0) is 16.4 Å². The Hall–Kier alpha value is -1.31. The standard InChI is InChI=1S/C17H27N3O3S.ClH/c1-12(2)9-15(11-18)19-17(21)14-6-7-16-13(10-14)5-4-8-20(16)24(3,22)23;/h6-7,10,12,15H,4-5,8-9,11,18H2,1-3H3,(H,19,21);1H. The molecule has 0 fully saturated rings. The Balaban J connectivity index is 0.00000312. The van der Waals surface area contributed by atoms with Gasteiger partial charge in [-0.1, -0.05) is 13.8 Å². The molecule has 0 bridgehead atoms. The van der Waals surface area contributed by atoms with Crippen LogP contribution in [0.5, 0.6) is 0 Å². The summed E-state index contributed by atoms with van der Waals surface area (Å²) in [4.78, 5) is 12.5. The van der Waals surface area contributed by atoms with Crippen molar-refractivity contribution in [3.8, 4) is 0 Å². The van der Waals surface area contributed by atoms with Gasteiger partial charge in [0.15, 0.2) is 0 Å². The summed E-state index contributed by atoms with van der Waals surface area (Å²) in [6, 6.07) is 5.15. The van der Waals surface area contributed by atoms with Crippen LogP contribution in [0.2, 0.25) is 0 Å². The molecule has 1 aromatic carbocycles. The second-order valence-corrected chi connectivity index (χ2v) is 8.72. The van der Waals surface area contributed by atoms with Gasteiger partial charge in [0.1, 0.15) is 0 Å². The van der Waals surface area contributed by atoms with E-state index in [2.05, 4.69) is 19.2 Å². The van der Waals surface area contributed by atoms with Crippen molar-refractivity contribution in [2.24, 2.45) is 11.7 Å². The molecule has 0 saturated carbocycles. The molecule has 1 heterocycles. The van der Waals surface area contributed by atoms with Gasteiger partial charge in [0.25, 0.3) is 5.91 Å². The van der Waals surface area contributed by atoms with Crippen LogP contribution < -0.4 is 15.4 Å². The molecule has 1 aliphatic rings. The van der Waals surface area contributed by atoms with Crippen molar-refractivity contribution in [3.05, 3.63) is 29.3 Å². The average Bonchev–Trinajstić information content (AvgIpc) is 2.51. The monoisotopic (exact) mass is 389 g/mol. The van der Waals surface area contributed by atoms with Crippen molar-refractivity contribution in [2.45, 2.75) is 39.2 Å². The molecular weight excluding hydrogens is 362 g/mol. The van der Waals surface area contributed by atoms with Crippen molar-refractivity contribution in [2.75, 3.05) is 23.7 Å². The minimum atomic E-state index is -3.29. The van der Waals surface area contributed by atoms with Crippen molar-refractivity contribution in [1.29, 1.82) is 0 Å². The number of benzene rings is 1. The fraction of sp³-hybridized carbons (Fsp3) is 0.588. The maximum atomic E-state index is 12.5. The molecule has 2 rings (SSSR count). The zero-order valence-corrected chi connectivity index (χ0v) is 16.6. The van der Waals surface area contributed by atoms with Gasteiger partial charge in [-0.05, 0) is 48.9 Å². The summed E-state index contributed by atoms with van der Waals surface area (Å²) in [7, 11) is -3.29. The van der Waals surface area contributed by atoms with E-state index in [4.69, 9.17) is 5.73 Å². The predicted molar refractivity (Wildman–Crippen MR) is 104 cm³/mol. The minimum absolute atomic E-state index is 0. The van der Waals surface area contributed by atoms with E-state index in [0.717, 1.165) is 24.8 Å². The summed E-state index contributed by atoms with van der Waals surface area (Å²) in [5.41, 5.74) is 7.86. The largest absolute Gasteiger partial charge is 0.348 e. The molecule has 3 N–H and O–H groups in total. The fourth-order valence-electron chi connectivity index (χ4n) is 3.10. The number of carbonyl (C=O) groups is 1. The summed E-state index contributed by atoms with van der Waals surface area (Å²) >= 11 is 0. The number of nitrogens with zero attached hydrogens (tertiary/aromatic N) is 1. The predicted octanol–water partition coefficient (Wildman–Crippen LogP) is 1.92. The third-order valence-corrected chi connectivity index (χ3v) is 5.37. The Bertz CT molecular complexity index is 707. The number of hydrogen-bond donors (Lipinski definition) is 2. The number of hydrogen-bond acceptors (Lipinski definition) is 4. The second-order valence-electron chi connectivity index (χ2n) is 6.82. The molecule has 0 aliphatic carbocycles. The number of nitrogens with one attached hydrogen (secondary N) is 1.